The topological polar surface area (TPSA) is 32.3 Å². The molecule has 0 spiro atoms. The van der Waals surface area contributed by atoms with Crippen LogP contribution in [-0.4, -0.2) is 5.11 Å². The first-order valence-corrected chi connectivity index (χ1v) is 7.69. The van der Waals surface area contributed by atoms with E-state index in [1.165, 1.54) is 15.6 Å². The third-order valence-electron chi connectivity index (χ3n) is 4.09. The normalized spacial score (nSPS) is 17.1. The number of benzene rings is 2. The summed E-state index contributed by atoms with van der Waals surface area (Å²) in [7, 11) is 0. The van der Waals surface area contributed by atoms with Gasteiger partial charge >= 0.3 is 0 Å². The number of hydrogen-bond donors (Lipinski definition) is 2. The van der Waals surface area contributed by atoms with Crippen LogP contribution < -0.4 is 5.32 Å². The first kappa shape index (κ1) is 13.5. The highest BCUT2D eigenvalue weighted by atomic mass is 79.9. The van der Waals surface area contributed by atoms with E-state index < -0.39 is 0 Å². The molecule has 2 nitrogen and oxygen atoms in total. The zero-order valence-corrected chi connectivity index (χ0v) is 13.3. The van der Waals surface area contributed by atoms with Crippen molar-refractivity contribution in [1.29, 1.82) is 0 Å². The Bertz CT molecular complexity index is 666. The molecule has 0 fully saturated rings. The van der Waals surface area contributed by atoms with Gasteiger partial charge in [-0.15, -0.1) is 0 Å². The Morgan fingerprint density at radius 2 is 2.00 bits per heavy atom. The molecule has 20 heavy (non-hydrogen) atoms. The summed E-state index contributed by atoms with van der Waals surface area (Å²) in [5.74, 6) is 0.364. The molecule has 0 amide bonds. The average Bonchev–Trinajstić information content (AvgIpc) is 2.81. The van der Waals surface area contributed by atoms with Crippen LogP contribution in [-0.2, 0) is 6.42 Å². The van der Waals surface area contributed by atoms with Crippen LogP contribution in [0.3, 0.4) is 0 Å². The lowest BCUT2D eigenvalue weighted by atomic mass is 10.1. The van der Waals surface area contributed by atoms with Crippen molar-refractivity contribution in [3.8, 4) is 5.75 Å². The van der Waals surface area contributed by atoms with Crippen molar-refractivity contribution >= 4 is 21.6 Å². The zero-order valence-electron chi connectivity index (χ0n) is 11.7. The maximum Gasteiger partial charge on any atom is 0.118 e. The average molecular weight is 332 g/mol. The van der Waals surface area contributed by atoms with Crippen molar-refractivity contribution in [3.63, 3.8) is 0 Å². The lowest BCUT2D eigenvalue weighted by Crippen LogP contribution is -2.08. The number of hydrogen-bond acceptors (Lipinski definition) is 2. The van der Waals surface area contributed by atoms with Crippen LogP contribution in [0.2, 0.25) is 0 Å². The van der Waals surface area contributed by atoms with Gasteiger partial charge in [-0.2, -0.15) is 0 Å². The molecular formula is C17H18BrNO. The zero-order chi connectivity index (χ0) is 14.3. The third-order valence-corrected chi connectivity index (χ3v) is 4.83. The SMILES string of the molecule is Cc1cc(NC2CCc3c(Br)cccc32)c(C)cc1O. The fraction of sp³-hybridized carbons (Fsp3) is 0.294. The molecule has 0 radical (unpaired) electrons. The monoisotopic (exact) mass is 331 g/mol. The van der Waals surface area contributed by atoms with Gasteiger partial charge in [-0.05, 0) is 67.1 Å². The Balaban J connectivity index is 1.91. The lowest BCUT2D eigenvalue weighted by Gasteiger charge is -2.18. The Morgan fingerprint density at radius 1 is 1.20 bits per heavy atom. The van der Waals surface area contributed by atoms with Gasteiger partial charge in [0.1, 0.15) is 5.75 Å². The number of aromatic hydroxyl groups is 1. The molecule has 2 aromatic rings. The van der Waals surface area contributed by atoms with Crippen LogP contribution in [0.25, 0.3) is 0 Å². The van der Waals surface area contributed by atoms with E-state index in [9.17, 15) is 5.11 Å². The highest BCUT2D eigenvalue weighted by Gasteiger charge is 2.24. The summed E-state index contributed by atoms with van der Waals surface area (Å²) in [6, 6.07) is 10.6. The van der Waals surface area contributed by atoms with Gasteiger partial charge in [0.15, 0.2) is 0 Å². The number of aryl methyl sites for hydroxylation is 2. The summed E-state index contributed by atoms with van der Waals surface area (Å²) in [6.45, 7) is 3.96. The summed E-state index contributed by atoms with van der Waals surface area (Å²) in [5, 5.41) is 13.4. The van der Waals surface area contributed by atoms with Crippen LogP contribution in [0.1, 0.15) is 34.7 Å². The van der Waals surface area contributed by atoms with Gasteiger partial charge in [-0.1, -0.05) is 28.1 Å². The summed E-state index contributed by atoms with van der Waals surface area (Å²) in [4.78, 5) is 0. The molecule has 1 unspecified atom stereocenters. The summed E-state index contributed by atoms with van der Waals surface area (Å²) >= 11 is 3.63. The van der Waals surface area contributed by atoms with Gasteiger partial charge in [0.2, 0.25) is 0 Å². The number of halogens is 1. The van der Waals surface area contributed by atoms with Crippen molar-refractivity contribution in [1.82, 2.24) is 0 Å². The Labute approximate surface area is 128 Å². The molecule has 1 atom stereocenters. The quantitative estimate of drug-likeness (QED) is 0.769. The standard InChI is InChI=1S/C17H18BrNO/c1-10-9-17(20)11(2)8-16(10)19-15-7-6-12-13(15)4-3-5-14(12)18/h3-5,8-9,15,19-20H,6-7H2,1-2H3. The molecule has 0 aromatic heterocycles. The van der Waals surface area contributed by atoms with Crippen molar-refractivity contribution in [2.45, 2.75) is 32.7 Å². The van der Waals surface area contributed by atoms with E-state index in [2.05, 4.69) is 39.4 Å². The van der Waals surface area contributed by atoms with Crippen LogP contribution >= 0.6 is 15.9 Å². The second-order valence-corrected chi connectivity index (χ2v) is 6.35. The number of phenolic OH excluding ortho intramolecular Hbond substituents is 1. The third kappa shape index (κ3) is 2.31. The smallest absolute Gasteiger partial charge is 0.118 e. The molecule has 1 aliphatic carbocycles. The van der Waals surface area contributed by atoms with Crippen LogP contribution in [0, 0.1) is 13.8 Å². The second-order valence-electron chi connectivity index (χ2n) is 5.50. The largest absolute Gasteiger partial charge is 0.508 e. The van der Waals surface area contributed by atoms with Crippen LogP contribution in [0.15, 0.2) is 34.8 Å². The number of rotatable bonds is 2. The molecule has 2 N–H and O–H groups in total. The summed E-state index contributed by atoms with van der Waals surface area (Å²) in [5.41, 5.74) is 5.89. The lowest BCUT2D eigenvalue weighted by molar-refractivity contribution is 0.470. The molecule has 0 bridgehead atoms. The predicted octanol–water partition coefficient (Wildman–Crippen LogP) is 4.87. The minimum atomic E-state index is 0.352. The summed E-state index contributed by atoms with van der Waals surface area (Å²) in [6.07, 6.45) is 2.21. The van der Waals surface area contributed by atoms with E-state index in [4.69, 9.17) is 0 Å². The minimum absolute atomic E-state index is 0.352. The second kappa shape index (κ2) is 5.13. The fourth-order valence-corrected chi connectivity index (χ4v) is 3.48. The molecule has 2 aromatic carbocycles. The highest BCUT2D eigenvalue weighted by molar-refractivity contribution is 9.10. The number of fused-ring (bicyclic) bond motifs is 1. The summed E-state index contributed by atoms with van der Waals surface area (Å²) < 4.78 is 1.21. The molecule has 0 saturated heterocycles. The molecule has 3 heteroatoms. The van der Waals surface area contributed by atoms with E-state index in [0.29, 0.717) is 11.8 Å². The Hall–Kier alpha value is -1.48. The van der Waals surface area contributed by atoms with E-state index in [0.717, 1.165) is 29.7 Å². The van der Waals surface area contributed by atoms with E-state index in [1.807, 2.05) is 26.0 Å². The van der Waals surface area contributed by atoms with Crippen LogP contribution in [0.4, 0.5) is 5.69 Å². The van der Waals surface area contributed by atoms with Crippen molar-refractivity contribution in [3.05, 3.63) is 57.1 Å². The van der Waals surface area contributed by atoms with E-state index in [-0.39, 0.29) is 0 Å². The van der Waals surface area contributed by atoms with Gasteiger partial charge in [-0.25, -0.2) is 0 Å². The Morgan fingerprint density at radius 3 is 2.80 bits per heavy atom. The first-order chi connectivity index (χ1) is 9.56. The van der Waals surface area contributed by atoms with Crippen molar-refractivity contribution in [2.75, 3.05) is 5.32 Å². The number of phenols is 1. The number of nitrogens with one attached hydrogen (secondary N) is 1. The van der Waals surface area contributed by atoms with Crippen LogP contribution in [0.5, 0.6) is 5.75 Å². The van der Waals surface area contributed by atoms with Crippen molar-refractivity contribution < 1.29 is 5.11 Å². The molecule has 1 aliphatic rings. The van der Waals surface area contributed by atoms with Crippen molar-refractivity contribution in [2.24, 2.45) is 0 Å². The fourth-order valence-electron chi connectivity index (χ4n) is 2.90. The van der Waals surface area contributed by atoms with Gasteiger partial charge < -0.3 is 10.4 Å². The maximum absolute atomic E-state index is 9.75. The maximum atomic E-state index is 9.75. The molecule has 104 valence electrons. The van der Waals surface area contributed by atoms with Gasteiger partial charge in [-0.3, -0.25) is 0 Å². The molecule has 0 saturated carbocycles. The number of anilines is 1. The molecule has 0 aliphatic heterocycles. The van der Waals surface area contributed by atoms with Gasteiger partial charge in [0, 0.05) is 10.2 Å². The van der Waals surface area contributed by atoms with Gasteiger partial charge in [0.05, 0.1) is 6.04 Å². The van der Waals surface area contributed by atoms with E-state index in [1.54, 1.807) is 0 Å². The molecular weight excluding hydrogens is 314 g/mol. The van der Waals surface area contributed by atoms with Gasteiger partial charge in [0.25, 0.3) is 0 Å². The Kier molecular flexibility index (Phi) is 3.47. The molecule has 0 heterocycles. The molecule has 3 rings (SSSR count). The van der Waals surface area contributed by atoms with E-state index >= 15 is 0 Å². The predicted molar refractivity (Wildman–Crippen MR) is 86.4 cm³/mol. The first-order valence-electron chi connectivity index (χ1n) is 6.90. The highest BCUT2D eigenvalue weighted by Crippen LogP contribution is 2.38. The minimum Gasteiger partial charge on any atom is -0.508 e.